The number of likely N-dealkylation sites (tertiary alicyclic amines) is 1. The first kappa shape index (κ1) is 19.0. The molecule has 4 rings (SSSR count). The van der Waals surface area contributed by atoms with Gasteiger partial charge in [-0.15, -0.1) is 0 Å². The zero-order valence-corrected chi connectivity index (χ0v) is 17.0. The highest BCUT2D eigenvalue weighted by atomic mass is 35.5. The van der Waals surface area contributed by atoms with E-state index in [2.05, 4.69) is 38.3 Å². The lowest BCUT2D eigenvalue weighted by molar-refractivity contribution is 0.0315. The van der Waals surface area contributed by atoms with Crippen LogP contribution in [0.1, 0.15) is 24.8 Å². The van der Waals surface area contributed by atoms with Gasteiger partial charge in [0.2, 0.25) is 0 Å². The molecule has 6 heteroatoms. The Kier molecular flexibility index (Phi) is 5.90. The molecule has 1 aromatic carbocycles. The van der Waals surface area contributed by atoms with Crippen LogP contribution in [0.4, 0.5) is 0 Å². The van der Waals surface area contributed by atoms with E-state index in [1.165, 1.54) is 31.4 Å². The monoisotopic (exact) mass is 390 g/mol. The van der Waals surface area contributed by atoms with Gasteiger partial charge in [-0.25, -0.2) is 0 Å². The van der Waals surface area contributed by atoms with Gasteiger partial charge in [0.25, 0.3) is 0 Å². The SMILES string of the molecule is CN=C(NCC1(c2cccc(Cl)c2)CC1)N1CCC(CN2CCOCC2)C1. The molecule has 2 heterocycles. The average Bonchev–Trinajstić information content (AvgIpc) is 3.35. The Hall–Kier alpha value is -1.30. The molecule has 1 atom stereocenters. The Labute approximate surface area is 167 Å². The minimum atomic E-state index is 0.230. The first-order chi connectivity index (χ1) is 13.2. The second-order valence-electron chi connectivity index (χ2n) is 8.21. The number of hydrogen-bond acceptors (Lipinski definition) is 3. The molecule has 2 aliphatic heterocycles. The van der Waals surface area contributed by atoms with Crippen LogP contribution in [-0.2, 0) is 10.2 Å². The van der Waals surface area contributed by atoms with Gasteiger partial charge in [-0.1, -0.05) is 23.7 Å². The summed E-state index contributed by atoms with van der Waals surface area (Å²) in [7, 11) is 1.90. The number of hydrogen-bond donors (Lipinski definition) is 1. The Morgan fingerprint density at radius 3 is 2.81 bits per heavy atom. The van der Waals surface area contributed by atoms with Crippen LogP contribution < -0.4 is 5.32 Å². The van der Waals surface area contributed by atoms with Crippen molar-refractivity contribution in [2.45, 2.75) is 24.7 Å². The minimum absolute atomic E-state index is 0.230. The number of nitrogens with zero attached hydrogens (tertiary/aromatic N) is 3. The van der Waals surface area contributed by atoms with Gasteiger partial charge >= 0.3 is 0 Å². The fraction of sp³-hybridized carbons (Fsp3) is 0.667. The zero-order valence-electron chi connectivity index (χ0n) is 16.3. The third kappa shape index (κ3) is 4.58. The number of nitrogens with one attached hydrogen (secondary N) is 1. The van der Waals surface area contributed by atoms with E-state index in [1.54, 1.807) is 0 Å². The molecule has 0 aromatic heterocycles. The number of morpholine rings is 1. The molecule has 148 valence electrons. The molecular formula is C21H31ClN4O. The van der Waals surface area contributed by atoms with Crippen LogP contribution in [0.3, 0.4) is 0 Å². The van der Waals surface area contributed by atoms with E-state index in [-0.39, 0.29) is 5.41 Å². The Morgan fingerprint density at radius 2 is 2.11 bits per heavy atom. The fourth-order valence-electron chi connectivity index (χ4n) is 4.44. The van der Waals surface area contributed by atoms with Gasteiger partial charge in [0, 0.05) is 56.8 Å². The predicted octanol–water partition coefficient (Wildman–Crippen LogP) is 2.60. The molecule has 27 heavy (non-hydrogen) atoms. The summed E-state index contributed by atoms with van der Waals surface area (Å²) < 4.78 is 5.46. The number of benzene rings is 1. The topological polar surface area (TPSA) is 40.1 Å². The van der Waals surface area contributed by atoms with E-state index in [1.807, 2.05) is 13.1 Å². The molecule has 3 fully saturated rings. The summed E-state index contributed by atoms with van der Waals surface area (Å²) in [6.07, 6.45) is 3.69. The standard InChI is InChI=1S/C21H31ClN4O/c1-23-20(24-16-21(6-7-21)18-3-2-4-19(22)13-18)26-8-5-17(15-26)14-25-9-11-27-12-10-25/h2-4,13,17H,5-12,14-16H2,1H3,(H,23,24). The lowest BCUT2D eigenvalue weighted by Crippen LogP contribution is -2.44. The molecule has 1 aliphatic carbocycles. The third-order valence-electron chi connectivity index (χ3n) is 6.29. The van der Waals surface area contributed by atoms with Gasteiger partial charge in [-0.3, -0.25) is 9.89 Å². The highest BCUT2D eigenvalue weighted by Gasteiger charge is 2.44. The summed E-state index contributed by atoms with van der Waals surface area (Å²) in [6.45, 7) is 8.22. The molecule has 1 unspecified atom stereocenters. The first-order valence-corrected chi connectivity index (χ1v) is 10.6. The van der Waals surface area contributed by atoms with Gasteiger partial charge in [0.1, 0.15) is 0 Å². The molecule has 5 nitrogen and oxygen atoms in total. The smallest absolute Gasteiger partial charge is 0.193 e. The first-order valence-electron chi connectivity index (χ1n) is 10.2. The van der Waals surface area contributed by atoms with E-state index in [0.717, 1.165) is 62.8 Å². The third-order valence-corrected chi connectivity index (χ3v) is 6.53. The maximum absolute atomic E-state index is 6.20. The predicted molar refractivity (Wildman–Crippen MR) is 111 cm³/mol. The summed E-state index contributed by atoms with van der Waals surface area (Å²) in [4.78, 5) is 9.54. The molecule has 1 aromatic rings. The Bertz CT molecular complexity index is 670. The van der Waals surface area contributed by atoms with Crippen molar-refractivity contribution in [3.05, 3.63) is 34.9 Å². The largest absolute Gasteiger partial charge is 0.379 e. The summed E-state index contributed by atoms with van der Waals surface area (Å²) in [6, 6.07) is 8.33. The minimum Gasteiger partial charge on any atom is -0.379 e. The molecule has 2 saturated heterocycles. The van der Waals surface area contributed by atoms with Crippen LogP contribution in [0.2, 0.25) is 5.02 Å². The zero-order chi connectivity index (χ0) is 18.7. The lowest BCUT2D eigenvalue weighted by Gasteiger charge is -2.29. The lowest BCUT2D eigenvalue weighted by atomic mass is 9.96. The van der Waals surface area contributed by atoms with Gasteiger partial charge in [-0.2, -0.15) is 0 Å². The van der Waals surface area contributed by atoms with E-state index in [9.17, 15) is 0 Å². The van der Waals surface area contributed by atoms with E-state index in [4.69, 9.17) is 16.3 Å². The van der Waals surface area contributed by atoms with Crippen molar-refractivity contribution in [2.75, 3.05) is 59.5 Å². The van der Waals surface area contributed by atoms with Crippen molar-refractivity contribution in [3.63, 3.8) is 0 Å². The van der Waals surface area contributed by atoms with E-state index < -0.39 is 0 Å². The molecule has 0 amide bonds. The van der Waals surface area contributed by atoms with Gasteiger partial charge in [0.15, 0.2) is 5.96 Å². The number of aliphatic imine (C=N–C) groups is 1. The maximum Gasteiger partial charge on any atom is 0.193 e. The molecular weight excluding hydrogens is 360 g/mol. The maximum atomic E-state index is 6.20. The second-order valence-corrected chi connectivity index (χ2v) is 8.64. The number of ether oxygens (including phenoxy) is 1. The quantitative estimate of drug-likeness (QED) is 0.619. The van der Waals surface area contributed by atoms with Crippen LogP contribution in [-0.4, -0.2) is 75.3 Å². The van der Waals surface area contributed by atoms with Crippen molar-refractivity contribution < 1.29 is 4.74 Å². The van der Waals surface area contributed by atoms with Gasteiger partial charge in [-0.05, 0) is 42.9 Å². The van der Waals surface area contributed by atoms with Crippen molar-refractivity contribution in [1.82, 2.24) is 15.1 Å². The number of halogens is 1. The summed E-state index contributed by atoms with van der Waals surface area (Å²) in [5.41, 5.74) is 1.58. The van der Waals surface area contributed by atoms with Crippen LogP contribution in [0.25, 0.3) is 0 Å². The van der Waals surface area contributed by atoms with Crippen molar-refractivity contribution in [2.24, 2.45) is 10.9 Å². The molecule has 0 bridgehead atoms. The van der Waals surface area contributed by atoms with Crippen LogP contribution in [0.15, 0.2) is 29.3 Å². The van der Waals surface area contributed by atoms with Crippen LogP contribution in [0.5, 0.6) is 0 Å². The van der Waals surface area contributed by atoms with Crippen molar-refractivity contribution >= 4 is 17.6 Å². The van der Waals surface area contributed by atoms with E-state index in [0.29, 0.717) is 0 Å². The van der Waals surface area contributed by atoms with Gasteiger partial charge in [0.05, 0.1) is 13.2 Å². The number of rotatable bonds is 5. The van der Waals surface area contributed by atoms with Crippen molar-refractivity contribution in [1.29, 1.82) is 0 Å². The Balaban J connectivity index is 1.30. The molecule has 0 spiro atoms. The highest BCUT2D eigenvalue weighted by Crippen LogP contribution is 2.48. The summed E-state index contributed by atoms with van der Waals surface area (Å²) in [5, 5.41) is 4.48. The van der Waals surface area contributed by atoms with Gasteiger partial charge < -0.3 is 15.0 Å². The summed E-state index contributed by atoms with van der Waals surface area (Å²) in [5.74, 6) is 1.78. The molecule has 1 saturated carbocycles. The average molecular weight is 391 g/mol. The molecule has 3 aliphatic rings. The molecule has 1 N–H and O–H groups in total. The second kappa shape index (κ2) is 8.38. The van der Waals surface area contributed by atoms with Crippen molar-refractivity contribution in [3.8, 4) is 0 Å². The van der Waals surface area contributed by atoms with Crippen LogP contribution in [0, 0.1) is 5.92 Å². The van der Waals surface area contributed by atoms with E-state index >= 15 is 0 Å². The van der Waals surface area contributed by atoms with Crippen LogP contribution >= 0.6 is 11.6 Å². The number of guanidine groups is 1. The summed E-state index contributed by atoms with van der Waals surface area (Å²) >= 11 is 6.20. The normalized spacial score (nSPS) is 25.6. The fourth-order valence-corrected chi connectivity index (χ4v) is 4.63. The molecule has 0 radical (unpaired) electrons. The Morgan fingerprint density at radius 1 is 1.30 bits per heavy atom. The highest BCUT2D eigenvalue weighted by molar-refractivity contribution is 6.30.